The Bertz CT molecular complexity index is 894. The number of amides is 1. The summed E-state index contributed by atoms with van der Waals surface area (Å²) in [4.78, 5) is 24.9. The quantitative estimate of drug-likeness (QED) is 0.728. The molecule has 0 unspecified atom stereocenters. The fourth-order valence-corrected chi connectivity index (χ4v) is 2.86. The lowest BCUT2D eigenvalue weighted by molar-refractivity contribution is 0.102. The van der Waals surface area contributed by atoms with Crippen LogP contribution in [0.15, 0.2) is 40.8 Å². The van der Waals surface area contributed by atoms with E-state index in [-0.39, 0.29) is 22.6 Å². The first-order valence-electron chi connectivity index (χ1n) is 6.49. The van der Waals surface area contributed by atoms with E-state index < -0.39 is 12.3 Å². The van der Waals surface area contributed by atoms with E-state index in [2.05, 4.69) is 27.0 Å². The molecule has 0 saturated carbocycles. The van der Waals surface area contributed by atoms with E-state index in [1.807, 2.05) is 0 Å². The minimum absolute atomic E-state index is 0.0674. The maximum absolute atomic E-state index is 13.0. The number of nitrogens with one attached hydrogen (secondary N) is 1. The molecule has 0 atom stereocenters. The van der Waals surface area contributed by atoms with Crippen molar-refractivity contribution in [2.24, 2.45) is 4.99 Å². The van der Waals surface area contributed by atoms with Gasteiger partial charge >= 0.3 is 0 Å². The summed E-state index contributed by atoms with van der Waals surface area (Å²) in [7, 11) is 0. The number of alkyl halides is 2. The van der Waals surface area contributed by atoms with Gasteiger partial charge in [0, 0.05) is 16.6 Å². The van der Waals surface area contributed by atoms with Gasteiger partial charge in [-0.05, 0) is 12.8 Å². The van der Waals surface area contributed by atoms with Gasteiger partial charge in [-0.1, -0.05) is 18.2 Å². The van der Waals surface area contributed by atoms with Crippen LogP contribution in [0.2, 0.25) is 0 Å². The molecule has 0 bridgehead atoms. The second kappa shape index (κ2) is 6.17. The molecule has 0 saturated heterocycles. The normalized spacial score (nSPS) is 10.9. The average Bonchev–Trinajstić information content (AvgIpc) is 2.98. The van der Waals surface area contributed by atoms with E-state index in [9.17, 15) is 13.6 Å². The second-order valence-corrected chi connectivity index (χ2v) is 5.39. The van der Waals surface area contributed by atoms with Gasteiger partial charge in [-0.3, -0.25) is 4.79 Å². The van der Waals surface area contributed by atoms with Crippen molar-refractivity contribution < 1.29 is 13.6 Å². The molecule has 3 rings (SSSR count). The highest BCUT2D eigenvalue weighted by molar-refractivity contribution is 7.17. The summed E-state index contributed by atoms with van der Waals surface area (Å²) in [5.74, 6) is -0.238. The molecule has 116 valence electrons. The van der Waals surface area contributed by atoms with Crippen molar-refractivity contribution in [1.29, 1.82) is 0 Å². The van der Waals surface area contributed by atoms with Crippen molar-refractivity contribution in [3.8, 4) is 0 Å². The molecule has 23 heavy (non-hydrogen) atoms. The standard InChI is InChI=1S/C15H10F2N4OS/c1-18-11-6-19-15-12(21-11)9(7-23-15)14(22)20-10-5-3-2-4-8(10)13(16)17/h2-7,13H,1H2,(H,20,22). The Balaban J connectivity index is 1.97. The number of fused-ring (bicyclic) bond motifs is 1. The van der Waals surface area contributed by atoms with Crippen LogP contribution in [0.3, 0.4) is 0 Å². The molecule has 1 N–H and O–H groups in total. The molecule has 5 nitrogen and oxygen atoms in total. The van der Waals surface area contributed by atoms with Crippen LogP contribution in [0.1, 0.15) is 22.3 Å². The van der Waals surface area contributed by atoms with E-state index in [0.717, 1.165) is 0 Å². The predicted molar refractivity (Wildman–Crippen MR) is 86.0 cm³/mol. The van der Waals surface area contributed by atoms with Gasteiger partial charge in [0.25, 0.3) is 12.3 Å². The SMILES string of the molecule is C=Nc1cnc2scc(C(=O)Nc3ccccc3C(F)F)c2n1. The molecule has 1 aromatic carbocycles. The maximum Gasteiger partial charge on any atom is 0.265 e. The molecule has 0 radical (unpaired) electrons. The molecule has 1 amide bonds. The highest BCUT2D eigenvalue weighted by Gasteiger charge is 2.18. The Morgan fingerprint density at radius 2 is 2.13 bits per heavy atom. The summed E-state index contributed by atoms with van der Waals surface area (Å²) < 4.78 is 26.0. The van der Waals surface area contributed by atoms with Crippen molar-refractivity contribution in [2.75, 3.05) is 5.32 Å². The van der Waals surface area contributed by atoms with E-state index in [1.54, 1.807) is 11.4 Å². The van der Waals surface area contributed by atoms with E-state index in [0.29, 0.717) is 10.3 Å². The summed E-state index contributed by atoms with van der Waals surface area (Å²) in [6.07, 6.45) is -1.23. The molecule has 2 aromatic heterocycles. The number of benzene rings is 1. The monoisotopic (exact) mass is 332 g/mol. The third-order valence-corrected chi connectivity index (χ3v) is 4.00. The Hall–Kier alpha value is -2.74. The lowest BCUT2D eigenvalue weighted by atomic mass is 10.1. The fourth-order valence-electron chi connectivity index (χ4n) is 2.03. The molecule has 8 heteroatoms. The number of anilines is 1. The first kappa shape index (κ1) is 15.2. The van der Waals surface area contributed by atoms with Crippen LogP contribution in [0.5, 0.6) is 0 Å². The molecule has 0 fully saturated rings. The minimum atomic E-state index is -2.68. The van der Waals surface area contributed by atoms with E-state index in [1.165, 1.54) is 35.7 Å². The number of aromatic nitrogens is 2. The largest absolute Gasteiger partial charge is 0.321 e. The van der Waals surface area contributed by atoms with Crippen LogP contribution in [0.25, 0.3) is 10.3 Å². The Morgan fingerprint density at radius 3 is 2.87 bits per heavy atom. The predicted octanol–water partition coefficient (Wildman–Crippen LogP) is 4.21. The Morgan fingerprint density at radius 1 is 1.35 bits per heavy atom. The van der Waals surface area contributed by atoms with Crippen LogP contribution >= 0.6 is 11.3 Å². The molecule has 0 aliphatic carbocycles. The van der Waals surface area contributed by atoms with Crippen molar-refractivity contribution >= 4 is 45.8 Å². The van der Waals surface area contributed by atoms with Gasteiger partial charge in [0.2, 0.25) is 0 Å². The molecular weight excluding hydrogens is 322 g/mol. The summed E-state index contributed by atoms with van der Waals surface area (Å²) in [5, 5.41) is 4.08. The number of thiophene rings is 1. The number of carbonyl (C=O) groups is 1. The zero-order valence-electron chi connectivity index (χ0n) is 11.7. The number of nitrogens with zero attached hydrogens (tertiary/aromatic N) is 3. The van der Waals surface area contributed by atoms with Crippen molar-refractivity contribution in [3.63, 3.8) is 0 Å². The molecule has 0 aliphatic rings. The molecule has 0 spiro atoms. The first-order chi connectivity index (χ1) is 11.1. The van der Waals surface area contributed by atoms with Gasteiger partial charge in [0.1, 0.15) is 10.3 Å². The van der Waals surface area contributed by atoms with E-state index in [4.69, 9.17) is 0 Å². The highest BCUT2D eigenvalue weighted by Crippen LogP contribution is 2.29. The summed E-state index contributed by atoms with van der Waals surface area (Å²) >= 11 is 1.24. The van der Waals surface area contributed by atoms with Crippen molar-refractivity contribution in [2.45, 2.75) is 6.43 Å². The zero-order chi connectivity index (χ0) is 16.4. The van der Waals surface area contributed by atoms with Gasteiger partial charge in [-0.15, -0.1) is 11.3 Å². The lowest BCUT2D eigenvalue weighted by Gasteiger charge is -2.09. The summed E-state index contributed by atoms with van der Waals surface area (Å²) in [5.41, 5.74) is 0.455. The topological polar surface area (TPSA) is 67.2 Å². The number of hydrogen-bond acceptors (Lipinski definition) is 5. The van der Waals surface area contributed by atoms with Gasteiger partial charge < -0.3 is 5.32 Å². The van der Waals surface area contributed by atoms with Gasteiger partial charge in [-0.2, -0.15) is 0 Å². The van der Waals surface area contributed by atoms with Crippen LogP contribution in [0, 0.1) is 0 Å². The van der Waals surface area contributed by atoms with Gasteiger partial charge in [0.05, 0.1) is 11.8 Å². The van der Waals surface area contributed by atoms with Crippen molar-refractivity contribution in [1.82, 2.24) is 9.97 Å². The Kier molecular flexibility index (Phi) is 4.07. The number of hydrogen-bond donors (Lipinski definition) is 1. The minimum Gasteiger partial charge on any atom is -0.321 e. The zero-order valence-corrected chi connectivity index (χ0v) is 12.5. The molecular formula is C15H10F2N4OS. The summed E-state index contributed by atoms with van der Waals surface area (Å²) in [6, 6.07) is 5.76. The molecule has 3 aromatic rings. The highest BCUT2D eigenvalue weighted by atomic mass is 32.1. The van der Waals surface area contributed by atoms with E-state index >= 15 is 0 Å². The number of carbonyl (C=O) groups excluding carboxylic acids is 1. The molecule has 0 aliphatic heterocycles. The van der Waals surface area contributed by atoms with Crippen LogP contribution in [0.4, 0.5) is 20.3 Å². The smallest absolute Gasteiger partial charge is 0.265 e. The number of halogens is 2. The third-order valence-electron chi connectivity index (χ3n) is 3.12. The number of rotatable bonds is 4. The Labute approximate surface area is 133 Å². The lowest BCUT2D eigenvalue weighted by Crippen LogP contribution is -2.13. The first-order valence-corrected chi connectivity index (χ1v) is 7.37. The van der Waals surface area contributed by atoms with Gasteiger partial charge in [0.15, 0.2) is 5.82 Å². The maximum atomic E-state index is 13.0. The molecule has 2 heterocycles. The van der Waals surface area contributed by atoms with Crippen molar-refractivity contribution in [3.05, 3.63) is 47.0 Å². The van der Waals surface area contributed by atoms with Gasteiger partial charge in [-0.25, -0.2) is 23.7 Å². The van der Waals surface area contributed by atoms with Crippen LogP contribution < -0.4 is 5.32 Å². The number of aliphatic imine (C=N–C) groups is 1. The van der Waals surface area contributed by atoms with Crippen LogP contribution in [-0.2, 0) is 0 Å². The summed E-state index contributed by atoms with van der Waals surface area (Å²) in [6.45, 7) is 3.36. The fraction of sp³-hybridized carbons (Fsp3) is 0.0667. The van der Waals surface area contributed by atoms with Crippen LogP contribution in [-0.4, -0.2) is 22.6 Å². The third kappa shape index (κ3) is 2.93. The second-order valence-electron chi connectivity index (χ2n) is 4.53. The number of para-hydroxylation sites is 1. The average molecular weight is 332 g/mol.